The van der Waals surface area contributed by atoms with Gasteiger partial charge in [0.1, 0.15) is 17.3 Å². The van der Waals surface area contributed by atoms with E-state index in [-0.39, 0.29) is 28.8 Å². The molecule has 1 unspecified atom stereocenters. The van der Waals surface area contributed by atoms with Gasteiger partial charge in [-0.15, -0.1) is 0 Å². The Balaban J connectivity index is 1.75. The summed E-state index contributed by atoms with van der Waals surface area (Å²) in [6, 6.07) is 13.1. The molecule has 0 saturated heterocycles. The molecule has 0 spiro atoms. The third kappa shape index (κ3) is 4.19. The zero-order valence-corrected chi connectivity index (χ0v) is 16.0. The van der Waals surface area contributed by atoms with Crippen LogP contribution in [0.4, 0.5) is 14.5 Å². The number of halogens is 2. The summed E-state index contributed by atoms with van der Waals surface area (Å²) >= 11 is 0. The minimum Gasteiger partial charge on any atom is -0.370 e. The van der Waals surface area contributed by atoms with Crippen LogP contribution in [0.25, 0.3) is 11.3 Å². The summed E-state index contributed by atoms with van der Waals surface area (Å²) in [6.45, 7) is 2.39. The largest absolute Gasteiger partial charge is 0.370 e. The molecule has 0 aliphatic rings. The van der Waals surface area contributed by atoms with Gasteiger partial charge in [-0.3, -0.25) is 9.48 Å². The number of nitrogens with one attached hydrogen (secondary N) is 1. The Morgan fingerprint density at radius 3 is 2.61 bits per heavy atom. The van der Waals surface area contributed by atoms with Gasteiger partial charge in [-0.25, -0.2) is 8.78 Å². The van der Waals surface area contributed by atoms with Crippen LogP contribution in [0.2, 0.25) is 0 Å². The number of amides is 1. The molecule has 2 aromatic carbocycles. The first-order chi connectivity index (χ1) is 13.4. The van der Waals surface area contributed by atoms with Gasteiger partial charge in [0.25, 0.3) is 5.91 Å². The predicted octanol–water partition coefficient (Wildman–Crippen LogP) is 3.62. The Morgan fingerprint density at radius 1 is 1.21 bits per heavy atom. The lowest BCUT2D eigenvalue weighted by molar-refractivity contribution is 0.0952. The second kappa shape index (κ2) is 8.21. The molecule has 0 aliphatic carbocycles. The van der Waals surface area contributed by atoms with Crippen LogP contribution in [0.3, 0.4) is 0 Å². The highest BCUT2D eigenvalue weighted by molar-refractivity contribution is 5.99. The molecule has 5 nitrogen and oxygen atoms in total. The van der Waals surface area contributed by atoms with E-state index in [9.17, 15) is 13.6 Å². The van der Waals surface area contributed by atoms with E-state index in [4.69, 9.17) is 0 Å². The number of nitrogens with zero attached hydrogens (tertiary/aromatic N) is 3. The average Bonchev–Trinajstić information content (AvgIpc) is 3.07. The van der Waals surface area contributed by atoms with Gasteiger partial charge >= 0.3 is 0 Å². The summed E-state index contributed by atoms with van der Waals surface area (Å²) < 4.78 is 28.8. The van der Waals surface area contributed by atoms with Crippen molar-refractivity contribution in [2.24, 2.45) is 7.05 Å². The quantitative estimate of drug-likeness (QED) is 0.706. The standard InChI is InChI=1S/C21H22F2N4O/c1-14(27(3)16-7-5-4-6-8-16)12-24-21(28)18-13-26(2)25-20(18)17-10-9-15(22)11-19(17)23/h4-11,13-14H,12H2,1-3H3,(H,24,28). The molecule has 28 heavy (non-hydrogen) atoms. The molecule has 7 heteroatoms. The molecule has 1 atom stereocenters. The summed E-state index contributed by atoms with van der Waals surface area (Å²) in [4.78, 5) is 14.8. The Bertz CT molecular complexity index is 972. The summed E-state index contributed by atoms with van der Waals surface area (Å²) in [5.41, 5.74) is 1.55. The molecule has 0 saturated carbocycles. The highest BCUT2D eigenvalue weighted by atomic mass is 19.1. The number of benzene rings is 2. The van der Waals surface area contributed by atoms with E-state index in [1.54, 1.807) is 7.05 Å². The first kappa shape index (κ1) is 19.5. The van der Waals surface area contributed by atoms with E-state index >= 15 is 0 Å². The normalized spacial score (nSPS) is 11.9. The second-order valence-electron chi connectivity index (χ2n) is 6.69. The van der Waals surface area contributed by atoms with Crippen LogP contribution in [0.15, 0.2) is 54.7 Å². The van der Waals surface area contributed by atoms with E-state index < -0.39 is 11.6 Å². The molecule has 0 aliphatic heterocycles. The number of aryl methyl sites for hydroxylation is 1. The number of carbonyl (C=O) groups excluding carboxylic acids is 1. The van der Waals surface area contributed by atoms with Crippen molar-refractivity contribution < 1.29 is 13.6 Å². The maximum Gasteiger partial charge on any atom is 0.255 e. The molecule has 1 N–H and O–H groups in total. The summed E-state index contributed by atoms with van der Waals surface area (Å²) in [7, 11) is 3.60. The van der Waals surface area contributed by atoms with Crippen molar-refractivity contribution in [3.05, 3.63) is 71.9 Å². The smallest absolute Gasteiger partial charge is 0.255 e. The van der Waals surface area contributed by atoms with Crippen LogP contribution in [-0.2, 0) is 7.05 Å². The summed E-state index contributed by atoms with van der Waals surface area (Å²) in [5.74, 6) is -1.80. The Morgan fingerprint density at radius 2 is 1.93 bits per heavy atom. The predicted molar refractivity (Wildman–Crippen MR) is 105 cm³/mol. The van der Waals surface area contributed by atoms with Gasteiger partial charge in [-0.2, -0.15) is 5.10 Å². The Kier molecular flexibility index (Phi) is 5.73. The van der Waals surface area contributed by atoms with E-state index in [0.717, 1.165) is 17.8 Å². The number of para-hydroxylation sites is 1. The van der Waals surface area contributed by atoms with Gasteiger partial charge in [-0.05, 0) is 31.2 Å². The monoisotopic (exact) mass is 384 g/mol. The van der Waals surface area contributed by atoms with E-state index in [1.807, 2.05) is 44.3 Å². The molecular weight excluding hydrogens is 362 g/mol. The minimum absolute atomic E-state index is 0.0361. The van der Waals surface area contributed by atoms with Crippen molar-refractivity contribution in [1.82, 2.24) is 15.1 Å². The number of likely N-dealkylation sites (N-methyl/N-ethyl adjacent to an activating group) is 1. The van der Waals surface area contributed by atoms with Gasteiger partial charge in [-0.1, -0.05) is 18.2 Å². The lowest BCUT2D eigenvalue weighted by atomic mass is 10.1. The van der Waals surface area contributed by atoms with Gasteiger partial charge in [0.15, 0.2) is 0 Å². The zero-order valence-electron chi connectivity index (χ0n) is 16.0. The Labute approximate surface area is 162 Å². The van der Waals surface area contributed by atoms with Crippen LogP contribution in [0, 0.1) is 11.6 Å². The van der Waals surface area contributed by atoms with Crippen LogP contribution >= 0.6 is 0 Å². The third-order valence-corrected chi connectivity index (χ3v) is 4.64. The number of hydrogen-bond donors (Lipinski definition) is 1. The molecule has 0 fully saturated rings. The van der Waals surface area contributed by atoms with Gasteiger partial charge in [0.2, 0.25) is 0 Å². The molecule has 146 valence electrons. The van der Waals surface area contributed by atoms with Crippen LogP contribution < -0.4 is 10.2 Å². The van der Waals surface area contributed by atoms with Crippen LogP contribution in [0.5, 0.6) is 0 Å². The minimum atomic E-state index is -0.759. The van der Waals surface area contributed by atoms with Gasteiger partial charge in [0.05, 0.1) is 5.56 Å². The molecule has 1 amide bonds. The van der Waals surface area contributed by atoms with E-state index in [2.05, 4.69) is 15.3 Å². The number of rotatable bonds is 6. The first-order valence-electron chi connectivity index (χ1n) is 8.92. The lowest BCUT2D eigenvalue weighted by Gasteiger charge is -2.27. The number of hydrogen-bond acceptors (Lipinski definition) is 3. The van der Waals surface area contributed by atoms with Crippen LogP contribution in [0.1, 0.15) is 17.3 Å². The Hall–Kier alpha value is -3.22. The number of anilines is 1. The molecule has 3 aromatic rings. The molecule has 0 radical (unpaired) electrons. The SMILES string of the molecule is CC(CNC(=O)c1cn(C)nc1-c1ccc(F)cc1F)N(C)c1ccccc1. The fourth-order valence-corrected chi connectivity index (χ4v) is 2.93. The topological polar surface area (TPSA) is 50.2 Å². The number of aromatic nitrogens is 2. The maximum atomic E-state index is 14.2. The van der Waals surface area contributed by atoms with E-state index in [1.165, 1.54) is 16.9 Å². The average molecular weight is 384 g/mol. The molecule has 1 aromatic heterocycles. The highest BCUT2D eigenvalue weighted by Gasteiger charge is 2.21. The summed E-state index contributed by atoms with van der Waals surface area (Å²) in [6.07, 6.45) is 1.53. The molecular formula is C21H22F2N4O. The lowest BCUT2D eigenvalue weighted by Crippen LogP contribution is -2.40. The van der Waals surface area contributed by atoms with E-state index in [0.29, 0.717) is 6.54 Å². The third-order valence-electron chi connectivity index (χ3n) is 4.64. The van der Waals surface area contributed by atoms with Gasteiger partial charge < -0.3 is 10.2 Å². The van der Waals surface area contributed by atoms with Crippen molar-refractivity contribution in [2.45, 2.75) is 13.0 Å². The number of carbonyl (C=O) groups is 1. The fourth-order valence-electron chi connectivity index (χ4n) is 2.93. The highest BCUT2D eigenvalue weighted by Crippen LogP contribution is 2.25. The molecule has 3 rings (SSSR count). The molecule has 0 bridgehead atoms. The van der Waals surface area contributed by atoms with Crippen molar-refractivity contribution >= 4 is 11.6 Å². The van der Waals surface area contributed by atoms with Crippen molar-refractivity contribution in [1.29, 1.82) is 0 Å². The van der Waals surface area contributed by atoms with Crippen molar-refractivity contribution in [3.63, 3.8) is 0 Å². The first-order valence-corrected chi connectivity index (χ1v) is 8.92. The van der Waals surface area contributed by atoms with Gasteiger partial charge in [0, 0.05) is 50.2 Å². The molecule has 1 heterocycles. The zero-order chi connectivity index (χ0) is 20.3. The van der Waals surface area contributed by atoms with Crippen molar-refractivity contribution in [3.8, 4) is 11.3 Å². The van der Waals surface area contributed by atoms with Crippen LogP contribution in [-0.4, -0.2) is 35.3 Å². The second-order valence-corrected chi connectivity index (χ2v) is 6.69. The fraction of sp³-hybridized carbons (Fsp3) is 0.238. The van der Waals surface area contributed by atoms with Crippen molar-refractivity contribution in [2.75, 3.05) is 18.5 Å². The summed E-state index contributed by atoms with van der Waals surface area (Å²) in [5, 5.41) is 7.06. The maximum absolute atomic E-state index is 14.2.